The third-order valence-electron chi connectivity index (χ3n) is 4.57. The number of rotatable bonds is 4. The van der Waals surface area contributed by atoms with Crippen molar-refractivity contribution in [3.05, 3.63) is 65.6 Å². The van der Waals surface area contributed by atoms with E-state index in [2.05, 4.69) is 21.0 Å². The van der Waals surface area contributed by atoms with Gasteiger partial charge in [-0.05, 0) is 60.7 Å². The highest BCUT2D eigenvalue weighted by molar-refractivity contribution is 5.39. The Labute approximate surface area is 138 Å². The number of halogens is 2. The minimum atomic E-state index is -0.499. The summed E-state index contributed by atoms with van der Waals surface area (Å²) in [6, 6.07) is 7.89. The fraction of sp³-hybridized carbons (Fsp3) is 0.333. The number of likely N-dealkylation sites (tertiary alicyclic amines) is 1. The van der Waals surface area contributed by atoms with Gasteiger partial charge in [0.05, 0.1) is 0 Å². The molecule has 1 aliphatic rings. The molecule has 1 fully saturated rings. The number of hydrogen-bond acceptors (Lipinski definition) is 3. The highest BCUT2D eigenvalue weighted by Crippen LogP contribution is 2.23. The van der Waals surface area contributed by atoms with Gasteiger partial charge in [-0.15, -0.1) is 0 Å². The first-order valence-corrected chi connectivity index (χ1v) is 8.11. The Morgan fingerprint density at radius 3 is 2.75 bits per heavy atom. The van der Waals surface area contributed by atoms with Crippen LogP contribution in [0.1, 0.15) is 17.5 Å². The van der Waals surface area contributed by atoms with Crippen molar-refractivity contribution in [1.82, 2.24) is 19.5 Å². The van der Waals surface area contributed by atoms with Crippen LogP contribution in [0.25, 0.3) is 5.65 Å². The van der Waals surface area contributed by atoms with Gasteiger partial charge in [-0.25, -0.2) is 18.3 Å². The van der Waals surface area contributed by atoms with E-state index in [4.69, 9.17) is 0 Å². The van der Waals surface area contributed by atoms with Gasteiger partial charge in [-0.2, -0.15) is 5.10 Å². The molecule has 4 nitrogen and oxygen atoms in total. The lowest BCUT2D eigenvalue weighted by Crippen LogP contribution is -2.20. The van der Waals surface area contributed by atoms with Crippen LogP contribution in [-0.2, 0) is 13.0 Å². The minimum absolute atomic E-state index is 0.433. The number of pyridine rings is 1. The number of hydrogen-bond donors (Lipinski definition) is 0. The molecule has 0 aliphatic carbocycles. The molecule has 1 aliphatic heterocycles. The molecule has 0 saturated carbocycles. The Bertz CT molecular complexity index is 841. The fourth-order valence-corrected chi connectivity index (χ4v) is 3.50. The summed E-state index contributed by atoms with van der Waals surface area (Å²) in [7, 11) is 0. The predicted molar refractivity (Wildman–Crippen MR) is 86.4 cm³/mol. The number of aromatic nitrogens is 3. The quantitative estimate of drug-likeness (QED) is 0.738. The molecule has 1 atom stereocenters. The Kier molecular flexibility index (Phi) is 3.98. The molecule has 0 bridgehead atoms. The Morgan fingerprint density at radius 1 is 1.08 bits per heavy atom. The minimum Gasteiger partial charge on any atom is -0.299 e. The second-order valence-electron chi connectivity index (χ2n) is 6.47. The van der Waals surface area contributed by atoms with Gasteiger partial charge >= 0.3 is 0 Å². The molecule has 0 radical (unpaired) electrons. The first-order valence-electron chi connectivity index (χ1n) is 8.11. The summed E-state index contributed by atoms with van der Waals surface area (Å²) >= 11 is 0. The molecule has 0 spiro atoms. The molecular weight excluding hydrogens is 310 g/mol. The van der Waals surface area contributed by atoms with Crippen LogP contribution in [-0.4, -0.2) is 32.6 Å². The summed E-state index contributed by atoms with van der Waals surface area (Å²) in [6.07, 6.45) is 5.23. The zero-order chi connectivity index (χ0) is 16.5. The van der Waals surface area contributed by atoms with Crippen molar-refractivity contribution < 1.29 is 8.78 Å². The van der Waals surface area contributed by atoms with Gasteiger partial charge in [0.15, 0.2) is 5.65 Å². The fourth-order valence-electron chi connectivity index (χ4n) is 3.50. The molecule has 1 unspecified atom stereocenters. The SMILES string of the molecule is Fc1cc(F)cc(CC2CCN(Cc3ccn4ncnc4c3)C2)c1. The van der Waals surface area contributed by atoms with Gasteiger partial charge in [-0.3, -0.25) is 4.90 Å². The van der Waals surface area contributed by atoms with Crippen molar-refractivity contribution in [2.75, 3.05) is 13.1 Å². The van der Waals surface area contributed by atoms with Crippen molar-refractivity contribution in [3.8, 4) is 0 Å². The van der Waals surface area contributed by atoms with Crippen molar-refractivity contribution in [3.63, 3.8) is 0 Å². The normalized spacial score (nSPS) is 18.5. The van der Waals surface area contributed by atoms with Gasteiger partial charge in [0.25, 0.3) is 0 Å². The van der Waals surface area contributed by atoms with Crippen molar-refractivity contribution in [2.24, 2.45) is 5.92 Å². The van der Waals surface area contributed by atoms with Crippen LogP contribution in [0.5, 0.6) is 0 Å². The number of benzene rings is 1. The zero-order valence-corrected chi connectivity index (χ0v) is 13.2. The standard InChI is InChI=1S/C18H18F2N4/c19-16-6-15(7-17(20)9-16)5-13-1-3-23(10-13)11-14-2-4-24-18(8-14)21-12-22-24/h2,4,6-9,12-13H,1,3,5,10-11H2. The van der Waals surface area contributed by atoms with E-state index in [-0.39, 0.29) is 0 Å². The van der Waals surface area contributed by atoms with Crippen molar-refractivity contribution in [1.29, 1.82) is 0 Å². The molecule has 0 amide bonds. The molecule has 24 heavy (non-hydrogen) atoms. The van der Waals surface area contributed by atoms with Crippen LogP contribution in [0, 0.1) is 17.6 Å². The van der Waals surface area contributed by atoms with E-state index in [0.717, 1.165) is 43.3 Å². The van der Waals surface area contributed by atoms with Crippen LogP contribution in [0.3, 0.4) is 0 Å². The average Bonchev–Trinajstić information content (AvgIpc) is 3.15. The molecule has 3 heterocycles. The Hall–Kier alpha value is -2.34. The monoisotopic (exact) mass is 328 g/mol. The molecule has 2 aromatic heterocycles. The summed E-state index contributed by atoms with van der Waals surface area (Å²) in [5, 5.41) is 4.10. The Morgan fingerprint density at radius 2 is 1.92 bits per heavy atom. The summed E-state index contributed by atoms with van der Waals surface area (Å²) in [4.78, 5) is 6.58. The lowest BCUT2D eigenvalue weighted by atomic mass is 9.98. The van der Waals surface area contributed by atoms with Crippen LogP contribution in [0.15, 0.2) is 42.9 Å². The first-order chi connectivity index (χ1) is 11.7. The number of fused-ring (bicyclic) bond motifs is 1. The number of nitrogens with zero attached hydrogens (tertiary/aromatic N) is 4. The maximum atomic E-state index is 13.3. The average molecular weight is 328 g/mol. The topological polar surface area (TPSA) is 33.4 Å². The summed E-state index contributed by atoms with van der Waals surface area (Å²) < 4.78 is 28.4. The summed E-state index contributed by atoms with van der Waals surface area (Å²) in [5.41, 5.74) is 2.79. The molecule has 6 heteroatoms. The van der Waals surface area contributed by atoms with E-state index in [1.54, 1.807) is 10.8 Å². The third kappa shape index (κ3) is 3.28. The van der Waals surface area contributed by atoms with Crippen LogP contribution >= 0.6 is 0 Å². The van der Waals surface area contributed by atoms with Gasteiger partial charge in [0, 0.05) is 25.4 Å². The molecule has 1 aromatic carbocycles. The second-order valence-corrected chi connectivity index (χ2v) is 6.47. The van der Waals surface area contributed by atoms with Crippen LogP contribution < -0.4 is 0 Å². The molecule has 4 rings (SSSR count). The van der Waals surface area contributed by atoms with Gasteiger partial charge in [0.2, 0.25) is 0 Å². The van der Waals surface area contributed by atoms with Crippen molar-refractivity contribution >= 4 is 5.65 Å². The Balaban J connectivity index is 1.39. The van der Waals surface area contributed by atoms with E-state index in [1.165, 1.54) is 17.7 Å². The van der Waals surface area contributed by atoms with Gasteiger partial charge in [-0.1, -0.05) is 0 Å². The highest BCUT2D eigenvalue weighted by Gasteiger charge is 2.23. The molecular formula is C18H18F2N4. The van der Waals surface area contributed by atoms with Crippen LogP contribution in [0.4, 0.5) is 8.78 Å². The van der Waals surface area contributed by atoms with Crippen molar-refractivity contribution in [2.45, 2.75) is 19.4 Å². The third-order valence-corrected chi connectivity index (χ3v) is 4.57. The molecule has 3 aromatic rings. The maximum absolute atomic E-state index is 13.3. The van der Waals surface area contributed by atoms with Gasteiger partial charge < -0.3 is 0 Å². The van der Waals surface area contributed by atoms with E-state index < -0.39 is 11.6 Å². The molecule has 1 saturated heterocycles. The lowest BCUT2D eigenvalue weighted by molar-refractivity contribution is 0.316. The first kappa shape index (κ1) is 15.2. The lowest BCUT2D eigenvalue weighted by Gasteiger charge is -2.16. The largest absolute Gasteiger partial charge is 0.299 e. The summed E-state index contributed by atoms with van der Waals surface area (Å²) in [5.74, 6) is -0.564. The summed E-state index contributed by atoms with van der Waals surface area (Å²) in [6.45, 7) is 2.80. The zero-order valence-electron chi connectivity index (χ0n) is 13.2. The second kappa shape index (κ2) is 6.28. The van der Waals surface area contributed by atoms with E-state index in [9.17, 15) is 8.78 Å². The molecule has 124 valence electrons. The van der Waals surface area contributed by atoms with E-state index >= 15 is 0 Å². The van der Waals surface area contributed by atoms with Crippen LogP contribution in [0.2, 0.25) is 0 Å². The smallest absolute Gasteiger partial charge is 0.155 e. The van der Waals surface area contributed by atoms with E-state index in [1.807, 2.05) is 12.3 Å². The van der Waals surface area contributed by atoms with Gasteiger partial charge in [0.1, 0.15) is 18.0 Å². The molecule has 0 N–H and O–H groups in total. The highest BCUT2D eigenvalue weighted by atomic mass is 19.1. The predicted octanol–water partition coefficient (Wildman–Crippen LogP) is 3.07. The maximum Gasteiger partial charge on any atom is 0.155 e. The van der Waals surface area contributed by atoms with E-state index in [0.29, 0.717) is 12.3 Å².